The molecule has 5 heteroatoms. The third-order valence-electron chi connectivity index (χ3n) is 5.16. The number of fused-ring (bicyclic) bond motifs is 1. The Bertz CT molecular complexity index is 937. The molecule has 0 aliphatic heterocycles. The largest absolute Gasteiger partial charge is 0.497 e. The molecule has 1 heterocycles. The van der Waals surface area contributed by atoms with E-state index in [0.29, 0.717) is 6.61 Å². The van der Waals surface area contributed by atoms with Crippen LogP contribution in [0.4, 0.5) is 0 Å². The summed E-state index contributed by atoms with van der Waals surface area (Å²) in [6.45, 7) is 10.7. The molecule has 160 valence electrons. The van der Waals surface area contributed by atoms with Crippen molar-refractivity contribution in [1.82, 2.24) is 9.88 Å². The van der Waals surface area contributed by atoms with Crippen molar-refractivity contribution in [2.24, 2.45) is 0 Å². The minimum atomic E-state index is 0.635. The van der Waals surface area contributed by atoms with Gasteiger partial charge in [0.15, 0.2) is 0 Å². The summed E-state index contributed by atoms with van der Waals surface area (Å²) in [5.74, 6) is 2.50. The lowest BCUT2D eigenvalue weighted by Crippen LogP contribution is -2.27. The SMILES string of the molecule is CCCOc1ccc(-c2cc(OCCN(CC)CC)c3ccc(OC)cc3n2)cc1. The molecule has 0 saturated heterocycles. The van der Waals surface area contributed by atoms with E-state index in [1.807, 2.05) is 48.5 Å². The number of hydrogen-bond donors (Lipinski definition) is 0. The van der Waals surface area contributed by atoms with Gasteiger partial charge in [0.05, 0.1) is 24.9 Å². The van der Waals surface area contributed by atoms with Crippen LogP contribution in [-0.4, -0.2) is 49.8 Å². The van der Waals surface area contributed by atoms with Gasteiger partial charge in [-0.1, -0.05) is 20.8 Å². The van der Waals surface area contributed by atoms with Crippen LogP contribution in [0.3, 0.4) is 0 Å². The lowest BCUT2D eigenvalue weighted by molar-refractivity contribution is 0.224. The smallest absolute Gasteiger partial charge is 0.130 e. The number of benzene rings is 2. The molecule has 2 aromatic carbocycles. The molecule has 0 aliphatic carbocycles. The third-order valence-corrected chi connectivity index (χ3v) is 5.16. The van der Waals surface area contributed by atoms with Crippen LogP contribution < -0.4 is 14.2 Å². The Morgan fingerprint density at radius 1 is 0.833 bits per heavy atom. The summed E-state index contributed by atoms with van der Waals surface area (Å²) in [6.07, 6.45) is 0.990. The van der Waals surface area contributed by atoms with Crippen molar-refractivity contribution in [1.29, 1.82) is 0 Å². The minimum Gasteiger partial charge on any atom is -0.497 e. The Kier molecular flexibility index (Phi) is 7.91. The van der Waals surface area contributed by atoms with E-state index in [4.69, 9.17) is 19.2 Å². The summed E-state index contributed by atoms with van der Waals surface area (Å²) in [7, 11) is 1.67. The van der Waals surface area contributed by atoms with Crippen LogP contribution >= 0.6 is 0 Å². The predicted octanol–water partition coefficient (Wildman–Crippen LogP) is 5.42. The predicted molar refractivity (Wildman–Crippen MR) is 123 cm³/mol. The lowest BCUT2D eigenvalue weighted by atomic mass is 10.1. The molecule has 0 aliphatic rings. The van der Waals surface area contributed by atoms with Crippen molar-refractivity contribution in [2.45, 2.75) is 27.2 Å². The van der Waals surface area contributed by atoms with Gasteiger partial charge < -0.3 is 19.1 Å². The molecular weight excluding hydrogens is 376 g/mol. The van der Waals surface area contributed by atoms with Crippen molar-refractivity contribution in [2.75, 3.05) is 40.0 Å². The molecule has 0 unspecified atom stereocenters. The first-order valence-corrected chi connectivity index (χ1v) is 10.8. The van der Waals surface area contributed by atoms with Crippen molar-refractivity contribution in [3.8, 4) is 28.5 Å². The van der Waals surface area contributed by atoms with Gasteiger partial charge in [-0.25, -0.2) is 4.98 Å². The van der Waals surface area contributed by atoms with Crippen LogP contribution in [0.1, 0.15) is 27.2 Å². The Hall–Kier alpha value is -2.79. The average Bonchev–Trinajstić information content (AvgIpc) is 2.80. The molecule has 0 radical (unpaired) electrons. The van der Waals surface area contributed by atoms with Gasteiger partial charge in [0, 0.05) is 29.6 Å². The third kappa shape index (κ3) is 5.42. The topological polar surface area (TPSA) is 43.8 Å². The number of nitrogens with zero attached hydrogens (tertiary/aromatic N) is 2. The number of pyridine rings is 1. The lowest BCUT2D eigenvalue weighted by Gasteiger charge is -2.19. The first kappa shape index (κ1) is 21.9. The first-order valence-electron chi connectivity index (χ1n) is 10.8. The van der Waals surface area contributed by atoms with Crippen molar-refractivity contribution in [3.63, 3.8) is 0 Å². The maximum absolute atomic E-state index is 6.22. The standard InChI is InChI=1S/C25H32N2O3/c1-5-15-29-20-10-8-19(9-11-20)23-18-25(30-16-14-27(6-2)7-3)22-13-12-21(28-4)17-24(22)26-23/h8-13,17-18H,5-7,14-16H2,1-4H3. The summed E-state index contributed by atoms with van der Waals surface area (Å²) in [5.41, 5.74) is 2.75. The molecule has 0 saturated carbocycles. The van der Waals surface area contributed by atoms with E-state index < -0.39 is 0 Å². The summed E-state index contributed by atoms with van der Waals surface area (Å²) >= 11 is 0. The van der Waals surface area contributed by atoms with Crippen molar-refractivity contribution >= 4 is 10.9 Å². The maximum Gasteiger partial charge on any atom is 0.130 e. The van der Waals surface area contributed by atoms with E-state index in [1.54, 1.807) is 7.11 Å². The Morgan fingerprint density at radius 2 is 1.57 bits per heavy atom. The van der Waals surface area contributed by atoms with Gasteiger partial charge in [0.1, 0.15) is 23.9 Å². The molecule has 1 aromatic heterocycles. The van der Waals surface area contributed by atoms with Gasteiger partial charge in [-0.05, 0) is 55.9 Å². The summed E-state index contributed by atoms with van der Waals surface area (Å²) in [6, 6.07) is 16.0. The van der Waals surface area contributed by atoms with Crippen LogP contribution in [0.5, 0.6) is 17.2 Å². The zero-order chi connectivity index (χ0) is 21.3. The van der Waals surface area contributed by atoms with E-state index in [1.165, 1.54) is 0 Å². The van der Waals surface area contributed by atoms with Crippen molar-refractivity contribution < 1.29 is 14.2 Å². The quantitative estimate of drug-likeness (QED) is 0.424. The highest BCUT2D eigenvalue weighted by atomic mass is 16.5. The van der Waals surface area contributed by atoms with Crippen LogP contribution in [-0.2, 0) is 0 Å². The van der Waals surface area contributed by atoms with Gasteiger partial charge in [0.25, 0.3) is 0 Å². The number of hydrogen-bond acceptors (Lipinski definition) is 5. The number of methoxy groups -OCH3 is 1. The number of aromatic nitrogens is 1. The Labute approximate surface area is 179 Å². The normalized spacial score (nSPS) is 11.1. The molecule has 0 atom stereocenters. The fraction of sp³-hybridized carbons (Fsp3) is 0.400. The Morgan fingerprint density at radius 3 is 2.23 bits per heavy atom. The molecular formula is C25H32N2O3. The molecule has 30 heavy (non-hydrogen) atoms. The Balaban J connectivity index is 1.91. The molecule has 0 spiro atoms. The van der Waals surface area contributed by atoms with Gasteiger partial charge in [-0.2, -0.15) is 0 Å². The second-order valence-corrected chi connectivity index (χ2v) is 7.14. The van der Waals surface area contributed by atoms with Gasteiger partial charge >= 0.3 is 0 Å². The average molecular weight is 409 g/mol. The highest BCUT2D eigenvalue weighted by Crippen LogP contribution is 2.32. The summed E-state index contributed by atoms with van der Waals surface area (Å²) in [5, 5.41) is 0.988. The fourth-order valence-electron chi connectivity index (χ4n) is 3.34. The minimum absolute atomic E-state index is 0.635. The molecule has 0 bridgehead atoms. The number of likely N-dealkylation sites (N-methyl/N-ethyl adjacent to an activating group) is 1. The van der Waals surface area contributed by atoms with E-state index in [9.17, 15) is 0 Å². The zero-order valence-electron chi connectivity index (χ0n) is 18.5. The summed E-state index contributed by atoms with van der Waals surface area (Å²) < 4.78 is 17.3. The first-order chi connectivity index (χ1) is 14.7. The highest BCUT2D eigenvalue weighted by molar-refractivity contribution is 5.89. The molecule has 3 aromatic rings. The van der Waals surface area contributed by atoms with Crippen LogP contribution in [0, 0.1) is 0 Å². The maximum atomic E-state index is 6.22. The van der Waals surface area contributed by atoms with E-state index in [2.05, 4.69) is 25.7 Å². The zero-order valence-corrected chi connectivity index (χ0v) is 18.5. The van der Waals surface area contributed by atoms with Crippen LogP contribution in [0.2, 0.25) is 0 Å². The number of rotatable bonds is 11. The monoisotopic (exact) mass is 408 g/mol. The van der Waals surface area contributed by atoms with E-state index >= 15 is 0 Å². The second kappa shape index (κ2) is 10.8. The van der Waals surface area contributed by atoms with Gasteiger partial charge in [-0.15, -0.1) is 0 Å². The second-order valence-electron chi connectivity index (χ2n) is 7.14. The summed E-state index contributed by atoms with van der Waals surface area (Å²) in [4.78, 5) is 7.22. The molecule has 5 nitrogen and oxygen atoms in total. The van der Waals surface area contributed by atoms with Crippen LogP contribution in [0.15, 0.2) is 48.5 Å². The molecule has 0 N–H and O–H groups in total. The highest BCUT2D eigenvalue weighted by Gasteiger charge is 2.11. The van der Waals surface area contributed by atoms with Crippen molar-refractivity contribution in [3.05, 3.63) is 48.5 Å². The number of ether oxygens (including phenoxy) is 3. The van der Waals surface area contributed by atoms with E-state index in [0.717, 1.165) is 72.1 Å². The van der Waals surface area contributed by atoms with Gasteiger partial charge in [-0.3, -0.25) is 0 Å². The van der Waals surface area contributed by atoms with E-state index in [-0.39, 0.29) is 0 Å². The van der Waals surface area contributed by atoms with Crippen LogP contribution in [0.25, 0.3) is 22.2 Å². The fourth-order valence-corrected chi connectivity index (χ4v) is 3.34. The van der Waals surface area contributed by atoms with Gasteiger partial charge in [0.2, 0.25) is 0 Å². The molecule has 3 rings (SSSR count). The molecule has 0 amide bonds. The molecule has 0 fully saturated rings.